The molecule has 0 amide bonds. The zero-order chi connectivity index (χ0) is 15.1. The Morgan fingerprint density at radius 1 is 1.14 bits per heavy atom. The van der Waals surface area contributed by atoms with Crippen LogP contribution in [-0.4, -0.2) is 68.4 Å². The second kappa shape index (κ2) is 8.48. The molecular weight excluding hydrogens is 330 g/mol. The van der Waals surface area contributed by atoms with E-state index in [0.717, 1.165) is 68.1 Å². The summed E-state index contributed by atoms with van der Waals surface area (Å²) in [5, 5.41) is 0. The number of hydrogen-bond acceptors (Lipinski definition) is 5. The van der Waals surface area contributed by atoms with Crippen LogP contribution in [0, 0.1) is 0 Å². The van der Waals surface area contributed by atoms with Gasteiger partial charge in [-0.2, -0.15) is 0 Å². The van der Waals surface area contributed by atoms with Crippen molar-refractivity contribution in [1.29, 1.82) is 0 Å². The van der Waals surface area contributed by atoms with E-state index in [9.17, 15) is 0 Å². The van der Waals surface area contributed by atoms with Crippen LogP contribution in [0.5, 0.6) is 0 Å². The molecule has 2 rings (SSSR count). The van der Waals surface area contributed by atoms with Gasteiger partial charge in [0.1, 0.15) is 0 Å². The average Bonchev–Trinajstić information content (AvgIpc) is 2.48. The molecule has 1 aromatic rings. The molecule has 0 aliphatic carbocycles. The summed E-state index contributed by atoms with van der Waals surface area (Å²) in [4.78, 5) is 9.37. The van der Waals surface area contributed by atoms with Gasteiger partial charge in [0.05, 0.1) is 6.54 Å². The minimum absolute atomic E-state index is 0.748. The zero-order valence-corrected chi connectivity index (χ0v) is 13.9. The van der Waals surface area contributed by atoms with Gasteiger partial charge in [0.25, 0.3) is 0 Å². The molecular formula is C15H24BrN5. The van der Waals surface area contributed by atoms with Gasteiger partial charge >= 0.3 is 0 Å². The first kappa shape index (κ1) is 16.4. The normalized spacial score (nSPS) is 17.6. The first-order valence-electron chi connectivity index (χ1n) is 7.39. The van der Waals surface area contributed by atoms with E-state index in [0.29, 0.717) is 0 Å². The highest BCUT2D eigenvalue weighted by Gasteiger charge is 2.15. The Kier molecular flexibility index (Phi) is 6.63. The molecule has 0 saturated carbocycles. The molecule has 4 N–H and O–H groups in total. The van der Waals surface area contributed by atoms with Crippen LogP contribution >= 0.6 is 15.9 Å². The van der Waals surface area contributed by atoms with E-state index in [1.165, 1.54) is 0 Å². The fourth-order valence-corrected chi connectivity index (χ4v) is 2.95. The lowest BCUT2D eigenvalue weighted by Gasteiger charge is -2.34. The van der Waals surface area contributed by atoms with E-state index in [1.54, 1.807) is 0 Å². The van der Waals surface area contributed by atoms with Gasteiger partial charge in [-0.3, -0.25) is 14.8 Å². The number of halogens is 1. The quantitative estimate of drug-likeness (QED) is 0.591. The Balaban J connectivity index is 1.74. The van der Waals surface area contributed by atoms with Crippen molar-refractivity contribution in [3.8, 4) is 0 Å². The van der Waals surface area contributed by atoms with E-state index in [1.807, 2.05) is 24.4 Å². The van der Waals surface area contributed by atoms with E-state index >= 15 is 0 Å². The zero-order valence-electron chi connectivity index (χ0n) is 12.3. The summed E-state index contributed by atoms with van der Waals surface area (Å²) in [7, 11) is 0. The van der Waals surface area contributed by atoms with Crippen molar-refractivity contribution in [2.75, 3.05) is 58.1 Å². The van der Waals surface area contributed by atoms with Crippen LogP contribution < -0.4 is 11.5 Å². The Labute approximate surface area is 135 Å². The molecule has 0 unspecified atom stereocenters. The predicted octanol–water partition coefficient (Wildman–Crippen LogP) is 1.03. The van der Waals surface area contributed by atoms with E-state index < -0.39 is 0 Å². The molecule has 0 atom stereocenters. The van der Waals surface area contributed by atoms with Crippen LogP contribution in [0.1, 0.15) is 5.56 Å². The molecule has 0 radical (unpaired) electrons. The Morgan fingerprint density at radius 3 is 2.43 bits per heavy atom. The highest BCUT2D eigenvalue weighted by molar-refractivity contribution is 9.10. The number of nitrogen functional groups attached to an aromatic ring is 1. The van der Waals surface area contributed by atoms with Gasteiger partial charge in [-0.1, -0.05) is 22.0 Å². The lowest BCUT2D eigenvalue weighted by atomic mass is 10.2. The Morgan fingerprint density at radius 2 is 1.81 bits per heavy atom. The molecule has 6 heteroatoms. The summed E-state index contributed by atoms with van der Waals surface area (Å²) < 4.78 is 0.988. The van der Waals surface area contributed by atoms with Gasteiger partial charge in [-0.15, -0.1) is 0 Å². The predicted molar refractivity (Wildman–Crippen MR) is 92.9 cm³/mol. The first-order chi connectivity index (χ1) is 10.2. The summed E-state index contributed by atoms with van der Waals surface area (Å²) in [5.41, 5.74) is 13.2. The molecule has 0 aromatic heterocycles. The van der Waals surface area contributed by atoms with Crippen LogP contribution in [-0.2, 0) is 0 Å². The van der Waals surface area contributed by atoms with Crippen molar-refractivity contribution in [3.63, 3.8) is 0 Å². The highest BCUT2D eigenvalue weighted by Crippen LogP contribution is 2.20. The fraction of sp³-hybridized carbons (Fsp3) is 0.533. The van der Waals surface area contributed by atoms with Crippen LogP contribution in [0.3, 0.4) is 0 Å². The third-order valence-electron chi connectivity index (χ3n) is 3.76. The maximum Gasteiger partial charge on any atom is 0.0517 e. The molecule has 0 spiro atoms. The Bertz CT molecular complexity index is 449. The van der Waals surface area contributed by atoms with Crippen LogP contribution in [0.4, 0.5) is 5.69 Å². The topological polar surface area (TPSA) is 70.9 Å². The SMILES string of the molecule is NCCN1CCN(CCN=Cc2c(N)cccc2Br)CC1. The monoisotopic (exact) mass is 353 g/mol. The number of piperazine rings is 1. The first-order valence-corrected chi connectivity index (χ1v) is 8.18. The fourth-order valence-electron chi connectivity index (χ4n) is 2.46. The molecule has 1 heterocycles. The lowest BCUT2D eigenvalue weighted by molar-refractivity contribution is 0.138. The molecule has 1 saturated heterocycles. The number of hydrogen-bond donors (Lipinski definition) is 2. The van der Waals surface area contributed by atoms with E-state index in [-0.39, 0.29) is 0 Å². The van der Waals surface area contributed by atoms with Gasteiger partial charge in [0.15, 0.2) is 0 Å². The van der Waals surface area contributed by atoms with Gasteiger partial charge in [-0.05, 0) is 12.1 Å². The third-order valence-corrected chi connectivity index (χ3v) is 4.45. The Hall–Kier alpha value is -0.950. The highest BCUT2D eigenvalue weighted by atomic mass is 79.9. The summed E-state index contributed by atoms with van der Waals surface area (Å²) in [6.07, 6.45) is 1.87. The van der Waals surface area contributed by atoms with Crippen molar-refractivity contribution in [3.05, 3.63) is 28.2 Å². The summed E-state index contributed by atoms with van der Waals surface area (Å²) >= 11 is 3.50. The molecule has 1 aliphatic heterocycles. The molecule has 1 aromatic carbocycles. The van der Waals surface area contributed by atoms with Crippen LogP contribution in [0.25, 0.3) is 0 Å². The molecule has 116 valence electrons. The number of benzene rings is 1. The standard InChI is InChI=1S/C15H24BrN5/c16-14-2-1-3-15(18)13(14)12-19-5-7-21-10-8-20(6-4-17)9-11-21/h1-3,12H,4-11,17-18H2. The summed E-state index contributed by atoms with van der Waals surface area (Å²) in [6.45, 7) is 7.98. The van der Waals surface area contributed by atoms with Crippen LogP contribution in [0.2, 0.25) is 0 Å². The third kappa shape index (κ3) is 5.07. The maximum absolute atomic E-state index is 5.94. The smallest absolute Gasteiger partial charge is 0.0517 e. The number of nitrogens with zero attached hydrogens (tertiary/aromatic N) is 3. The average molecular weight is 354 g/mol. The summed E-state index contributed by atoms with van der Waals surface area (Å²) in [5.74, 6) is 0. The number of aliphatic imine (C=N–C) groups is 1. The molecule has 21 heavy (non-hydrogen) atoms. The molecule has 1 fully saturated rings. The van der Waals surface area contributed by atoms with Gasteiger partial charge < -0.3 is 11.5 Å². The second-order valence-electron chi connectivity index (χ2n) is 5.25. The van der Waals surface area contributed by atoms with Gasteiger partial charge in [0, 0.05) is 67.8 Å². The second-order valence-corrected chi connectivity index (χ2v) is 6.10. The summed E-state index contributed by atoms with van der Waals surface area (Å²) in [6, 6.07) is 5.80. The minimum Gasteiger partial charge on any atom is -0.398 e. The van der Waals surface area contributed by atoms with Crippen molar-refractivity contribution in [2.24, 2.45) is 10.7 Å². The molecule has 0 bridgehead atoms. The maximum atomic E-state index is 5.94. The van der Waals surface area contributed by atoms with E-state index in [4.69, 9.17) is 11.5 Å². The van der Waals surface area contributed by atoms with Crippen molar-refractivity contribution in [1.82, 2.24) is 9.80 Å². The number of anilines is 1. The molecule has 1 aliphatic rings. The van der Waals surface area contributed by atoms with E-state index in [2.05, 4.69) is 30.7 Å². The number of nitrogens with two attached hydrogens (primary N) is 2. The largest absolute Gasteiger partial charge is 0.398 e. The number of rotatable bonds is 6. The van der Waals surface area contributed by atoms with Crippen molar-refractivity contribution < 1.29 is 0 Å². The van der Waals surface area contributed by atoms with Gasteiger partial charge in [0.2, 0.25) is 0 Å². The molecule has 5 nitrogen and oxygen atoms in total. The van der Waals surface area contributed by atoms with Crippen molar-refractivity contribution in [2.45, 2.75) is 0 Å². The van der Waals surface area contributed by atoms with Gasteiger partial charge in [-0.25, -0.2) is 0 Å². The minimum atomic E-state index is 0.748. The van der Waals surface area contributed by atoms with Crippen LogP contribution in [0.15, 0.2) is 27.7 Å². The van der Waals surface area contributed by atoms with Crippen molar-refractivity contribution >= 4 is 27.8 Å². The lowest BCUT2D eigenvalue weighted by Crippen LogP contribution is -2.48.